The predicted molar refractivity (Wildman–Crippen MR) is 159 cm³/mol. The van der Waals surface area contributed by atoms with E-state index in [0.717, 1.165) is 71.0 Å². The number of benzene rings is 4. The molecular weight excluding hydrogens is 557 g/mol. The van der Waals surface area contributed by atoms with Gasteiger partial charge in [-0.3, -0.25) is 4.90 Å². The fraction of sp³-hybridized carbons (Fsp3) is 0.333. The molecule has 1 fully saturated rings. The molecule has 6 heteroatoms. The van der Waals surface area contributed by atoms with Gasteiger partial charge in [-0.1, -0.05) is 115 Å². The Hall–Kier alpha value is -1.96. The monoisotopic (exact) mass is 597 g/mol. The van der Waals surface area contributed by atoms with Crippen molar-refractivity contribution in [3.05, 3.63) is 130 Å². The molecule has 0 amide bonds. The Morgan fingerprint density at radius 3 is 2.13 bits per heavy atom. The van der Waals surface area contributed by atoms with Crippen LogP contribution in [0.4, 0.5) is 0 Å². The van der Waals surface area contributed by atoms with Crippen LogP contribution in [0, 0.1) is 0 Å². The molecule has 5 rings (SSSR count). The Kier molecular flexibility index (Phi) is 14.9. The fourth-order valence-electron chi connectivity index (χ4n) is 4.60. The zero-order valence-electron chi connectivity index (χ0n) is 22.9. The van der Waals surface area contributed by atoms with Crippen LogP contribution >= 0.6 is 0 Å². The number of fused-ring (bicyclic) bond motifs is 1. The number of hydrogen-bond acceptors (Lipinski definition) is 3. The second kappa shape index (κ2) is 18.4. The summed E-state index contributed by atoms with van der Waals surface area (Å²) in [6.45, 7) is 8.96. The number of rotatable bonds is 11. The molecule has 1 aliphatic heterocycles. The maximum Gasteiger partial charge on any atom is 0.0594 e. The van der Waals surface area contributed by atoms with Crippen LogP contribution in [0.5, 0.6) is 0 Å². The Bertz CT molecular complexity index is 1190. The molecule has 4 aromatic rings. The van der Waals surface area contributed by atoms with E-state index in [1.165, 1.54) is 27.5 Å². The first-order valence-corrected chi connectivity index (χ1v) is 13.7. The number of nitrogens with one attached hydrogen (secondary N) is 2. The van der Waals surface area contributed by atoms with E-state index in [1.54, 1.807) is 0 Å². The fourth-order valence-corrected chi connectivity index (χ4v) is 4.60. The van der Waals surface area contributed by atoms with E-state index in [2.05, 4.69) is 88.3 Å². The molecule has 203 valence electrons. The van der Waals surface area contributed by atoms with Crippen LogP contribution in [0.3, 0.4) is 0 Å². The van der Waals surface area contributed by atoms with E-state index < -0.39 is 0 Å². The molecule has 5 nitrogen and oxygen atoms in total. The van der Waals surface area contributed by atoms with Gasteiger partial charge in [-0.05, 0) is 28.4 Å². The van der Waals surface area contributed by atoms with Crippen LogP contribution in [0.1, 0.15) is 28.7 Å². The first kappa shape index (κ1) is 31.6. The summed E-state index contributed by atoms with van der Waals surface area (Å²) in [5.41, 5.74) is 12.4. The predicted octanol–water partition coefficient (Wildman–Crippen LogP) is 6.96. The molecule has 2 N–H and O–H groups in total. The minimum Gasteiger partial charge on any atom is -0.674 e. The summed E-state index contributed by atoms with van der Waals surface area (Å²) >= 11 is 0. The Morgan fingerprint density at radius 2 is 1.38 bits per heavy atom. The number of morpholine rings is 1. The molecule has 1 radical (unpaired) electrons. The molecule has 0 aliphatic carbocycles. The molecule has 0 spiro atoms. The van der Waals surface area contributed by atoms with Crippen LogP contribution < -0.4 is 5.32 Å². The summed E-state index contributed by atoms with van der Waals surface area (Å²) in [5.74, 6) is 0. The second-order valence-electron chi connectivity index (χ2n) is 9.63. The van der Waals surface area contributed by atoms with Crippen molar-refractivity contribution < 1.29 is 37.4 Å². The van der Waals surface area contributed by atoms with Crippen molar-refractivity contribution >= 4 is 10.8 Å². The summed E-state index contributed by atoms with van der Waals surface area (Å²) < 4.78 is 5.37. The molecule has 1 aliphatic rings. The van der Waals surface area contributed by atoms with Crippen molar-refractivity contribution in [1.82, 2.24) is 10.2 Å². The summed E-state index contributed by atoms with van der Waals surface area (Å²) in [7, 11) is 0. The van der Waals surface area contributed by atoms with Gasteiger partial charge >= 0.3 is 0 Å². The van der Waals surface area contributed by atoms with Crippen LogP contribution in [-0.4, -0.2) is 44.3 Å². The van der Waals surface area contributed by atoms with Gasteiger partial charge in [0.1, 0.15) is 0 Å². The van der Waals surface area contributed by atoms with E-state index in [-0.39, 0.29) is 32.7 Å². The quantitative estimate of drug-likeness (QED) is 0.190. The van der Waals surface area contributed by atoms with Crippen molar-refractivity contribution in [2.45, 2.75) is 32.6 Å². The average molecular weight is 598 g/mol. The normalized spacial score (nSPS) is 13.4. The van der Waals surface area contributed by atoms with Gasteiger partial charge in [-0.25, -0.2) is 0 Å². The zero-order chi connectivity index (χ0) is 26.3. The third-order valence-electron chi connectivity index (χ3n) is 6.78. The van der Waals surface area contributed by atoms with E-state index in [9.17, 15) is 0 Å². The minimum absolute atomic E-state index is 0. The first-order chi connectivity index (χ1) is 18.8. The van der Waals surface area contributed by atoms with Gasteiger partial charge in [0, 0.05) is 58.9 Å². The largest absolute Gasteiger partial charge is 0.674 e. The van der Waals surface area contributed by atoms with Crippen molar-refractivity contribution in [3.63, 3.8) is 0 Å². The number of hydrogen-bond donors (Lipinski definition) is 1. The van der Waals surface area contributed by atoms with Gasteiger partial charge in [-0.2, -0.15) is 0 Å². The molecule has 0 atom stereocenters. The Balaban J connectivity index is 0.000000270. The van der Waals surface area contributed by atoms with Gasteiger partial charge in [0.15, 0.2) is 0 Å². The first-order valence-electron chi connectivity index (χ1n) is 13.7. The van der Waals surface area contributed by atoms with Crippen molar-refractivity contribution in [1.29, 1.82) is 0 Å². The second-order valence-corrected chi connectivity index (χ2v) is 9.63. The summed E-state index contributed by atoms with van der Waals surface area (Å²) in [4.78, 5) is 2.47. The summed E-state index contributed by atoms with van der Waals surface area (Å²) in [6, 6.07) is 33.6. The maximum absolute atomic E-state index is 7.33. The third kappa shape index (κ3) is 11.2. The van der Waals surface area contributed by atoms with Crippen LogP contribution in [-0.2, 0) is 63.6 Å². The molecule has 0 saturated carbocycles. The van der Waals surface area contributed by atoms with Crippen LogP contribution in [0.15, 0.2) is 97.1 Å². The number of nitrogens with zero attached hydrogens (tertiary/aromatic N) is 2. The molecule has 39 heavy (non-hydrogen) atoms. The molecule has 0 unspecified atom stereocenters. The minimum atomic E-state index is 0. The Morgan fingerprint density at radius 1 is 0.744 bits per heavy atom. The van der Waals surface area contributed by atoms with E-state index in [4.69, 9.17) is 10.5 Å². The van der Waals surface area contributed by atoms with Gasteiger partial charge in [-0.15, -0.1) is 19.6 Å². The standard InChI is InChI=1S/C22H30N3O.C11H10N.Y/c1-2-5-20(6-3-1)18-24-19-22-9-7-21(8-10-22)17-23-11-4-12-25-13-15-26-16-14-25;12-8-10-6-3-5-9-4-1-2-7-11(9)10;/h1-3,5-10,24H,4,11-19H2;1-7,12H,8H2;/q2*-1;. The topological polar surface area (TPSA) is 62.4 Å². The van der Waals surface area contributed by atoms with Gasteiger partial charge in [0.05, 0.1) is 13.2 Å². The van der Waals surface area contributed by atoms with Crippen LogP contribution in [0.2, 0.25) is 0 Å². The van der Waals surface area contributed by atoms with E-state index in [0.29, 0.717) is 6.54 Å². The molecule has 1 saturated heterocycles. The number of ether oxygens (including phenoxy) is 1. The van der Waals surface area contributed by atoms with Crippen molar-refractivity contribution in [2.75, 3.05) is 39.4 Å². The third-order valence-corrected chi connectivity index (χ3v) is 6.78. The smallest absolute Gasteiger partial charge is 0.0594 e. The van der Waals surface area contributed by atoms with Gasteiger partial charge < -0.3 is 21.1 Å². The molecule has 4 aromatic carbocycles. The summed E-state index contributed by atoms with van der Waals surface area (Å²) in [5, 5.41) is 10.6. The van der Waals surface area contributed by atoms with Crippen molar-refractivity contribution in [3.8, 4) is 0 Å². The molecular formula is C33H40N4OY-2. The zero-order valence-corrected chi connectivity index (χ0v) is 25.7. The van der Waals surface area contributed by atoms with E-state index in [1.807, 2.05) is 24.3 Å². The van der Waals surface area contributed by atoms with Crippen molar-refractivity contribution in [2.24, 2.45) is 0 Å². The SMILES string of the molecule is [NH-]Cc1cccc2ccccc12.[Y].c1ccc(CNCc2ccc(C[N-]CCCN3CCOCC3)cc2)cc1. The van der Waals surface area contributed by atoms with E-state index >= 15 is 0 Å². The Labute approximate surface area is 259 Å². The van der Waals surface area contributed by atoms with Gasteiger partial charge in [0.2, 0.25) is 0 Å². The summed E-state index contributed by atoms with van der Waals surface area (Å²) in [6.07, 6.45) is 1.14. The average Bonchev–Trinajstić information content (AvgIpc) is 2.99. The maximum atomic E-state index is 7.33. The van der Waals surface area contributed by atoms with Gasteiger partial charge in [0.25, 0.3) is 0 Å². The molecule has 0 aromatic heterocycles. The molecule has 1 heterocycles. The molecule has 0 bridgehead atoms. The van der Waals surface area contributed by atoms with Crippen LogP contribution in [0.25, 0.3) is 21.8 Å².